The van der Waals surface area contributed by atoms with E-state index in [1.54, 1.807) is 56.1 Å². The van der Waals surface area contributed by atoms with Crippen LogP contribution < -0.4 is 35.7 Å². The maximum Gasteiger partial charge on any atom is 0.268 e. The molecule has 4 N–H and O–H groups in total. The number of H-pyrrole nitrogens is 1. The normalized spacial score (nSPS) is 11.2. The number of thiocarbonyl (C=S) groups is 1. The molecule has 0 atom stereocenters. The molecule has 2 amide bonds. The number of amides is 2. The average Bonchev–Trinajstić information content (AvgIpc) is 4.25. The lowest BCUT2D eigenvalue weighted by Crippen LogP contribution is -2.38. The fourth-order valence-corrected chi connectivity index (χ4v) is 9.94. The van der Waals surface area contributed by atoms with Crippen molar-refractivity contribution >= 4 is 73.0 Å². The van der Waals surface area contributed by atoms with E-state index in [1.807, 2.05) is 76.8 Å². The molecule has 0 aliphatic carbocycles. The van der Waals surface area contributed by atoms with Crippen molar-refractivity contribution in [3.63, 3.8) is 0 Å². The van der Waals surface area contributed by atoms with Crippen LogP contribution in [0.2, 0.25) is 0 Å². The van der Waals surface area contributed by atoms with Crippen LogP contribution in [0.25, 0.3) is 54.2 Å². The maximum atomic E-state index is 15.9. The van der Waals surface area contributed by atoms with Crippen molar-refractivity contribution in [1.29, 1.82) is 0 Å². The number of nitrogens with zero attached hydrogens (tertiary/aromatic N) is 7. The first kappa shape index (κ1) is 49.5. The first-order valence-corrected chi connectivity index (χ1v) is 24.8. The number of ether oxygens (including phenoxy) is 2. The van der Waals surface area contributed by atoms with Gasteiger partial charge in [-0.3, -0.25) is 29.0 Å². The largest absolute Gasteiger partial charge is 0.454 e. The number of aryl methyl sites for hydroxylation is 3. The van der Waals surface area contributed by atoms with Crippen LogP contribution in [0.15, 0.2) is 163 Å². The molecule has 5 aromatic carbocycles. The first-order chi connectivity index (χ1) is 37.2. The van der Waals surface area contributed by atoms with Crippen molar-refractivity contribution in [1.82, 2.24) is 39.3 Å². The van der Waals surface area contributed by atoms with Crippen molar-refractivity contribution in [2.45, 2.75) is 13.3 Å². The average molecular weight is 1070 g/mol. The highest BCUT2D eigenvalue weighted by Gasteiger charge is 2.23. The van der Waals surface area contributed by atoms with Gasteiger partial charge in [0.2, 0.25) is 17.8 Å². The number of benzene rings is 5. The number of carbonyl (C=O) groups is 2. The molecular formula is C56H41F3N11O5S2+. The zero-order valence-corrected chi connectivity index (χ0v) is 42.5. The fourth-order valence-electron chi connectivity index (χ4n) is 8.68. The lowest BCUT2D eigenvalue weighted by Gasteiger charge is -2.14. The Morgan fingerprint density at radius 3 is 2.22 bits per heavy atom. The summed E-state index contributed by atoms with van der Waals surface area (Å²) in [4.78, 5) is 49.7. The second-order valence-electron chi connectivity index (χ2n) is 17.7. The maximum absolute atomic E-state index is 15.9. The van der Waals surface area contributed by atoms with Gasteiger partial charge in [-0.2, -0.15) is 9.78 Å². The summed E-state index contributed by atoms with van der Waals surface area (Å²) in [5, 5.41) is 15.8. The van der Waals surface area contributed by atoms with Gasteiger partial charge in [-0.1, -0.05) is 16.8 Å². The third kappa shape index (κ3) is 10.3. The van der Waals surface area contributed by atoms with Gasteiger partial charge in [-0.05, 0) is 104 Å². The van der Waals surface area contributed by atoms with Crippen molar-refractivity contribution in [3.05, 3.63) is 203 Å². The van der Waals surface area contributed by atoms with Gasteiger partial charge in [0.25, 0.3) is 11.5 Å². The molecule has 11 rings (SSSR count). The predicted octanol–water partition coefficient (Wildman–Crippen LogP) is 10.6. The van der Waals surface area contributed by atoms with Gasteiger partial charge in [-0.15, -0.1) is 11.3 Å². The topological polar surface area (TPSA) is 179 Å². The van der Waals surface area contributed by atoms with Crippen LogP contribution in [-0.4, -0.2) is 50.9 Å². The Hall–Kier alpha value is -9.73. The molecule has 6 heterocycles. The molecule has 0 saturated heterocycles. The molecule has 0 spiro atoms. The number of fused-ring (bicyclic) bond motifs is 2. The lowest BCUT2D eigenvalue weighted by atomic mass is 10.1. The monoisotopic (exact) mass is 1070 g/mol. The molecule has 382 valence electrons. The number of thiophene rings is 1. The van der Waals surface area contributed by atoms with Crippen molar-refractivity contribution in [3.8, 4) is 56.1 Å². The highest BCUT2D eigenvalue weighted by Crippen LogP contribution is 2.40. The van der Waals surface area contributed by atoms with E-state index in [-0.39, 0.29) is 40.2 Å². The molecule has 77 heavy (non-hydrogen) atoms. The third-order valence-corrected chi connectivity index (χ3v) is 13.8. The number of hydrogen-bond donors (Lipinski definition) is 4. The van der Waals surface area contributed by atoms with Crippen molar-refractivity contribution in [2.24, 2.45) is 14.1 Å². The summed E-state index contributed by atoms with van der Waals surface area (Å²) < 4.78 is 64.9. The molecule has 6 aromatic heterocycles. The minimum atomic E-state index is -0.783. The van der Waals surface area contributed by atoms with E-state index in [4.69, 9.17) is 21.7 Å². The van der Waals surface area contributed by atoms with Crippen molar-refractivity contribution in [2.75, 3.05) is 10.6 Å². The Morgan fingerprint density at radius 1 is 0.805 bits per heavy atom. The number of hydrogen-bond acceptors (Lipinski definition) is 10. The number of halogens is 3. The second-order valence-corrected chi connectivity index (χ2v) is 19.2. The van der Waals surface area contributed by atoms with E-state index < -0.39 is 28.9 Å². The summed E-state index contributed by atoms with van der Waals surface area (Å²) in [6.45, 7) is 1.69. The van der Waals surface area contributed by atoms with Crippen LogP contribution in [-0.2, 0) is 25.3 Å². The zero-order chi connectivity index (χ0) is 53.5. The van der Waals surface area contributed by atoms with E-state index in [2.05, 4.69) is 36.1 Å². The number of rotatable bonds is 13. The van der Waals surface area contributed by atoms with Gasteiger partial charge in [0.05, 0.1) is 52.2 Å². The Bertz CT molecular complexity index is 4170. The smallest absolute Gasteiger partial charge is 0.268 e. The molecule has 21 heteroatoms. The SMILES string of the molecule is Cc1ccc(C(=O)Nc2ccc(Oc3cc4c[n+](-c5ccc(CC(=O)NC(=S)Nc6ccc(Oc7ccnc8cc(-c9cn(C)cn9)sc78)c(F)c6)cc5)n(C)c4cc3-c3cn[nH]c3)c(F)c2)c(=O)n1-c1ccc(F)cc1. The van der Waals surface area contributed by atoms with E-state index in [0.717, 1.165) is 37.9 Å². The number of aromatic amines is 1. The molecule has 0 fully saturated rings. The highest BCUT2D eigenvalue weighted by molar-refractivity contribution is 7.80. The van der Waals surface area contributed by atoms with Crippen LogP contribution in [0, 0.1) is 24.4 Å². The van der Waals surface area contributed by atoms with Gasteiger partial charge in [0.1, 0.15) is 28.4 Å². The quantitative estimate of drug-likeness (QED) is 0.0641. The highest BCUT2D eigenvalue weighted by atomic mass is 32.1. The number of anilines is 2. The summed E-state index contributed by atoms with van der Waals surface area (Å²) in [7, 11) is 3.77. The minimum absolute atomic E-state index is 0.000464. The Kier molecular flexibility index (Phi) is 13.2. The molecule has 11 aromatic rings. The summed E-state index contributed by atoms with van der Waals surface area (Å²) in [5.41, 5.74) is 5.54. The van der Waals surface area contributed by atoms with E-state index in [0.29, 0.717) is 50.8 Å². The molecule has 0 bridgehead atoms. The molecule has 0 aliphatic heterocycles. The lowest BCUT2D eigenvalue weighted by molar-refractivity contribution is -0.679. The Balaban J connectivity index is 0.739. The zero-order valence-electron chi connectivity index (χ0n) is 40.8. The predicted molar refractivity (Wildman–Crippen MR) is 290 cm³/mol. The van der Waals surface area contributed by atoms with Crippen molar-refractivity contribution < 1.29 is 36.9 Å². The number of carbonyl (C=O) groups excluding carboxylic acids is 2. The van der Waals surface area contributed by atoms with E-state index >= 15 is 8.78 Å². The molecule has 16 nitrogen and oxygen atoms in total. The Morgan fingerprint density at radius 2 is 1.53 bits per heavy atom. The second kappa shape index (κ2) is 20.5. The molecule has 0 saturated carbocycles. The molecular weight excluding hydrogens is 1030 g/mol. The molecule has 0 radical (unpaired) electrons. The standard InChI is InChI=1S/C56H40F3N11O5S2/c1-31-4-15-40(55(73)70(31)39-13-7-35(57)8-14-39)54(72)64-36-9-16-48(42(58)22-36)75-50-21-33-28-69(68(3)46(33)24-41(50)34-26-62-63-27-34)38-11-5-32(6-12-38)20-52(71)66-56(76)65-37-10-17-47(43(59)23-37)74-49-18-19-60-44-25-51(77-53(44)49)45-29-67(2)30-61-45/h4-19,21-30H,20H2,1-3H3,(H3,64,65,66,71,72,76)/p+1. The summed E-state index contributed by atoms with van der Waals surface area (Å²) >= 11 is 6.85. The third-order valence-electron chi connectivity index (χ3n) is 12.4. The van der Waals surface area contributed by atoms with Gasteiger partial charge in [-0.25, -0.2) is 18.2 Å². The van der Waals surface area contributed by atoms with Crippen LogP contribution in [0.5, 0.6) is 23.0 Å². The van der Waals surface area contributed by atoms with Crippen LogP contribution >= 0.6 is 23.6 Å². The minimum Gasteiger partial charge on any atom is -0.454 e. The van der Waals surface area contributed by atoms with Gasteiger partial charge in [0, 0.05) is 89.9 Å². The number of pyridine rings is 2. The first-order valence-electron chi connectivity index (χ1n) is 23.6. The number of imidazole rings is 1. The Labute approximate surface area is 444 Å². The number of aromatic nitrogens is 8. The van der Waals surface area contributed by atoms with Gasteiger partial charge >= 0.3 is 0 Å². The van der Waals surface area contributed by atoms with E-state index in [1.165, 1.54) is 70.5 Å². The molecule has 0 aliphatic rings. The van der Waals surface area contributed by atoms with Gasteiger partial charge in [0.15, 0.2) is 28.2 Å². The van der Waals surface area contributed by atoms with E-state index in [9.17, 15) is 18.8 Å². The summed E-state index contributed by atoms with van der Waals surface area (Å²) in [6, 6.07) is 31.1. The van der Waals surface area contributed by atoms with Gasteiger partial charge < -0.3 is 30.0 Å². The summed E-state index contributed by atoms with van der Waals surface area (Å²) in [5.74, 6) is -2.42. The fraction of sp³-hybridized carbons (Fsp3) is 0.0714. The number of nitrogens with one attached hydrogen (secondary N) is 4. The van der Waals surface area contributed by atoms with Crippen LogP contribution in [0.4, 0.5) is 24.5 Å². The van der Waals surface area contributed by atoms with Crippen LogP contribution in [0.3, 0.4) is 0 Å². The molecule has 0 unspecified atom stereocenters. The van der Waals surface area contributed by atoms with Crippen LogP contribution in [0.1, 0.15) is 21.6 Å². The summed E-state index contributed by atoms with van der Waals surface area (Å²) in [6.07, 6.45) is 10.4.